The van der Waals surface area contributed by atoms with Crippen LogP contribution in [-0.2, 0) is 11.2 Å². The van der Waals surface area contributed by atoms with Gasteiger partial charge in [-0.15, -0.1) is 11.3 Å². The van der Waals surface area contributed by atoms with Crippen LogP contribution >= 0.6 is 11.3 Å². The molecule has 8 nitrogen and oxygen atoms in total. The number of amides is 2. The van der Waals surface area contributed by atoms with Crippen LogP contribution in [0.5, 0.6) is 0 Å². The summed E-state index contributed by atoms with van der Waals surface area (Å²) in [5.41, 5.74) is 0.999. The average Bonchev–Trinajstić information content (AvgIpc) is 3.42. The monoisotopic (exact) mass is 428 g/mol. The molecule has 2 heterocycles. The molecule has 30 heavy (non-hydrogen) atoms. The van der Waals surface area contributed by atoms with E-state index >= 15 is 0 Å². The van der Waals surface area contributed by atoms with Crippen LogP contribution in [0.1, 0.15) is 42.4 Å². The second-order valence-electron chi connectivity index (χ2n) is 6.48. The minimum Gasteiger partial charge on any atom is -0.450 e. The van der Waals surface area contributed by atoms with E-state index in [2.05, 4.69) is 20.8 Å². The van der Waals surface area contributed by atoms with Gasteiger partial charge in [0.05, 0.1) is 11.5 Å². The third-order valence-electron chi connectivity index (χ3n) is 4.21. The Hall–Kier alpha value is -3.20. The number of rotatable bonds is 10. The van der Waals surface area contributed by atoms with Gasteiger partial charge >= 0.3 is 6.09 Å². The minimum absolute atomic E-state index is 0.181. The van der Waals surface area contributed by atoms with Gasteiger partial charge in [0, 0.05) is 24.2 Å². The topological polar surface area (TPSA) is 106 Å². The van der Waals surface area contributed by atoms with Crippen molar-refractivity contribution in [3.63, 3.8) is 0 Å². The Bertz CT molecular complexity index is 956. The first kappa shape index (κ1) is 21.5. The number of unbranched alkanes of at least 4 members (excludes halogenated alkanes) is 2. The molecular weight excluding hydrogens is 404 g/mol. The zero-order chi connectivity index (χ0) is 21.2. The molecule has 0 atom stereocenters. The van der Waals surface area contributed by atoms with E-state index < -0.39 is 6.09 Å². The fourth-order valence-electron chi connectivity index (χ4n) is 2.77. The van der Waals surface area contributed by atoms with Crippen molar-refractivity contribution in [2.45, 2.75) is 32.6 Å². The Morgan fingerprint density at radius 2 is 2.07 bits per heavy atom. The lowest BCUT2D eigenvalue weighted by Crippen LogP contribution is -2.24. The molecule has 9 heteroatoms. The predicted octanol–water partition coefficient (Wildman–Crippen LogP) is 4.51. The number of nitrogens with zero attached hydrogens (tertiary/aromatic N) is 2. The van der Waals surface area contributed by atoms with Crippen LogP contribution in [0, 0.1) is 0 Å². The fourth-order valence-corrected chi connectivity index (χ4v) is 3.42. The number of aromatic nitrogens is 2. The molecule has 0 unspecified atom stereocenters. The molecule has 3 rings (SSSR count). The van der Waals surface area contributed by atoms with Crippen molar-refractivity contribution < 1.29 is 18.8 Å². The first-order valence-electron chi connectivity index (χ1n) is 9.84. The van der Waals surface area contributed by atoms with Gasteiger partial charge in [0.15, 0.2) is 0 Å². The number of nitrogens with one attached hydrogen (secondary N) is 2. The Morgan fingerprint density at radius 1 is 1.17 bits per heavy atom. The van der Waals surface area contributed by atoms with E-state index in [1.165, 1.54) is 0 Å². The highest BCUT2D eigenvalue weighted by Crippen LogP contribution is 2.21. The molecule has 0 aliphatic carbocycles. The third-order valence-corrected chi connectivity index (χ3v) is 5.08. The SMILES string of the molecule is CCOC(=O)Nc1cccc(C(=O)NCCCCCc2nc(-c3cccs3)no2)c1. The number of hydrogen-bond acceptors (Lipinski definition) is 7. The summed E-state index contributed by atoms with van der Waals surface area (Å²) >= 11 is 1.58. The fraction of sp³-hybridized carbons (Fsp3) is 0.333. The highest BCUT2D eigenvalue weighted by Gasteiger charge is 2.10. The molecule has 1 aromatic carbocycles. The van der Waals surface area contributed by atoms with E-state index in [4.69, 9.17) is 9.26 Å². The van der Waals surface area contributed by atoms with E-state index in [0.717, 1.165) is 24.1 Å². The molecular formula is C21H24N4O4S. The molecule has 158 valence electrons. The molecule has 0 bridgehead atoms. The van der Waals surface area contributed by atoms with Crippen molar-refractivity contribution >= 4 is 29.0 Å². The third kappa shape index (κ3) is 6.41. The number of aryl methyl sites for hydroxylation is 1. The number of carbonyl (C=O) groups excluding carboxylic acids is 2. The Kier molecular flexibility index (Phi) is 7.96. The minimum atomic E-state index is -0.543. The summed E-state index contributed by atoms with van der Waals surface area (Å²) in [6, 6.07) is 10.7. The smallest absolute Gasteiger partial charge is 0.411 e. The van der Waals surface area contributed by atoms with Crippen molar-refractivity contribution in [1.82, 2.24) is 15.5 Å². The van der Waals surface area contributed by atoms with Crippen LogP contribution in [0.15, 0.2) is 46.3 Å². The summed E-state index contributed by atoms with van der Waals surface area (Å²) in [6.07, 6.45) is 2.85. The maximum Gasteiger partial charge on any atom is 0.411 e. The standard InChI is InChI=1S/C21H24N4O4S/c1-2-28-21(27)23-16-9-6-8-15(14-16)20(26)22-12-5-3-4-11-18-24-19(25-29-18)17-10-7-13-30-17/h6-10,13-14H,2-5,11-12H2,1H3,(H,22,26)(H,23,27). The molecule has 0 saturated carbocycles. The van der Waals surface area contributed by atoms with E-state index in [0.29, 0.717) is 35.9 Å². The molecule has 3 aromatic rings. The summed E-state index contributed by atoms with van der Waals surface area (Å²) in [4.78, 5) is 29.2. The van der Waals surface area contributed by atoms with Crippen LogP contribution in [0.4, 0.5) is 10.5 Å². The summed E-state index contributed by atoms with van der Waals surface area (Å²) in [5.74, 6) is 1.08. The van der Waals surface area contributed by atoms with E-state index in [1.54, 1.807) is 42.5 Å². The number of benzene rings is 1. The second-order valence-corrected chi connectivity index (χ2v) is 7.43. The van der Waals surface area contributed by atoms with Crippen molar-refractivity contribution in [1.29, 1.82) is 0 Å². The Balaban J connectivity index is 1.34. The van der Waals surface area contributed by atoms with Crippen molar-refractivity contribution in [2.24, 2.45) is 0 Å². The number of carbonyl (C=O) groups is 2. The van der Waals surface area contributed by atoms with Crippen LogP contribution in [0.2, 0.25) is 0 Å². The molecule has 2 N–H and O–H groups in total. The molecule has 0 fully saturated rings. The van der Waals surface area contributed by atoms with Gasteiger partial charge in [0.2, 0.25) is 11.7 Å². The van der Waals surface area contributed by atoms with Gasteiger partial charge in [-0.25, -0.2) is 4.79 Å². The van der Waals surface area contributed by atoms with Gasteiger partial charge < -0.3 is 14.6 Å². The van der Waals surface area contributed by atoms with Crippen LogP contribution in [0.3, 0.4) is 0 Å². The number of anilines is 1. The van der Waals surface area contributed by atoms with E-state index in [1.807, 2.05) is 17.5 Å². The second kappa shape index (κ2) is 11.1. The largest absolute Gasteiger partial charge is 0.450 e. The number of hydrogen-bond donors (Lipinski definition) is 2. The number of ether oxygens (including phenoxy) is 1. The highest BCUT2D eigenvalue weighted by molar-refractivity contribution is 7.13. The summed E-state index contributed by atoms with van der Waals surface area (Å²) in [5, 5.41) is 11.5. The van der Waals surface area contributed by atoms with Gasteiger partial charge in [-0.2, -0.15) is 4.98 Å². The summed E-state index contributed by atoms with van der Waals surface area (Å²) in [7, 11) is 0. The maximum absolute atomic E-state index is 12.3. The molecule has 0 saturated heterocycles. The zero-order valence-electron chi connectivity index (χ0n) is 16.7. The molecule has 0 aliphatic rings. The maximum atomic E-state index is 12.3. The van der Waals surface area contributed by atoms with Gasteiger partial charge in [0.25, 0.3) is 5.91 Å². The van der Waals surface area contributed by atoms with Gasteiger partial charge in [-0.1, -0.05) is 23.7 Å². The van der Waals surface area contributed by atoms with Crippen LogP contribution < -0.4 is 10.6 Å². The predicted molar refractivity (Wildman–Crippen MR) is 115 cm³/mol. The van der Waals surface area contributed by atoms with E-state index in [9.17, 15) is 9.59 Å². The lowest BCUT2D eigenvalue weighted by Gasteiger charge is -2.08. The summed E-state index contributed by atoms with van der Waals surface area (Å²) < 4.78 is 10.1. The quantitative estimate of drug-likeness (QED) is 0.460. The van der Waals surface area contributed by atoms with E-state index in [-0.39, 0.29) is 12.5 Å². The normalized spacial score (nSPS) is 10.6. The number of thiophene rings is 1. The molecule has 0 aliphatic heterocycles. The van der Waals surface area contributed by atoms with Crippen LogP contribution in [-0.4, -0.2) is 35.3 Å². The lowest BCUT2D eigenvalue weighted by molar-refractivity contribution is 0.0952. The van der Waals surface area contributed by atoms with Gasteiger partial charge in [0.1, 0.15) is 0 Å². The van der Waals surface area contributed by atoms with Crippen molar-refractivity contribution in [3.8, 4) is 10.7 Å². The first-order valence-corrected chi connectivity index (χ1v) is 10.7. The van der Waals surface area contributed by atoms with Gasteiger partial charge in [-0.3, -0.25) is 10.1 Å². The highest BCUT2D eigenvalue weighted by atomic mass is 32.1. The summed E-state index contributed by atoms with van der Waals surface area (Å²) in [6.45, 7) is 2.58. The average molecular weight is 429 g/mol. The van der Waals surface area contributed by atoms with Crippen LogP contribution in [0.25, 0.3) is 10.7 Å². The first-order chi connectivity index (χ1) is 14.7. The van der Waals surface area contributed by atoms with Crippen molar-refractivity contribution in [2.75, 3.05) is 18.5 Å². The molecule has 0 spiro atoms. The molecule has 2 amide bonds. The van der Waals surface area contributed by atoms with Gasteiger partial charge in [-0.05, 0) is 49.4 Å². The van der Waals surface area contributed by atoms with Crippen molar-refractivity contribution in [3.05, 3.63) is 53.2 Å². The zero-order valence-corrected chi connectivity index (χ0v) is 17.5. The molecule has 2 aromatic heterocycles. The Labute approximate surface area is 178 Å². The lowest BCUT2D eigenvalue weighted by atomic mass is 10.1. The molecule has 0 radical (unpaired) electrons. The Morgan fingerprint density at radius 3 is 2.87 bits per heavy atom.